The van der Waals surface area contributed by atoms with Crippen LogP contribution < -0.4 is 0 Å². The highest BCUT2D eigenvalue weighted by molar-refractivity contribution is 6.10. The van der Waals surface area contributed by atoms with E-state index in [4.69, 9.17) is 13.0 Å². The molecule has 0 aromatic carbocycles. The van der Waals surface area contributed by atoms with E-state index in [1.807, 2.05) is 0 Å². The van der Waals surface area contributed by atoms with Crippen LogP contribution in [0.5, 0.6) is 0 Å². The predicted octanol–water partition coefficient (Wildman–Crippen LogP) is 0.294. The molecule has 1 N–H and O–H groups in total. The van der Waals surface area contributed by atoms with Crippen LogP contribution in [0.4, 0.5) is 0 Å². The van der Waals surface area contributed by atoms with Gasteiger partial charge in [-0.15, -0.1) is 0 Å². The van der Waals surface area contributed by atoms with E-state index in [1.54, 1.807) is 6.92 Å². The fourth-order valence-corrected chi connectivity index (χ4v) is 0.101. The topological polar surface area (TPSA) is 37.3 Å². The van der Waals surface area contributed by atoms with Gasteiger partial charge in [0.2, 0.25) is 0 Å². The van der Waals surface area contributed by atoms with Gasteiger partial charge in [-0.05, 0) is 0 Å². The fraction of sp³-hybridized carbons (Fsp3) is 0.750. The molecule has 0 heterocycles. The molecule has 0 aliphatic rings. The van der Waals surface area contributed by atoms with Gasteiger partial charge in [-0.2, -0.15) is 0 Å². The standard InChI is InChI=1S/C4H7BO2/c1-3(2-5)4(6)7/h3H,2H2,1H3,(H,6,7). The highest BCUT2D eigenvalue weighted by atomic mass is 16.4. The Kier molecular flexibility index (Phi) is 2.49. The lowest BCUT2D eigenvalue weighted by Gasteiger charge is -1.96. The van der Waals surface area contributed by atoms with Crippen molar-refractivity contribution in [2.45, 2.75) is 13.2 Å². The first kappa shape index (κ1) is 6.53. The van der Waals surface area contributed by atoms with Crippen molar-refractivity contribution in [3.63, 3.8) is 0 Å². The molecule has 0 saturated carbocycles. The lowest BCUT2D eigenvalue weighted by Crippen LogP contribution is -2.07. The van der Waals surface area contributed by atoms with Crippen LogP contribution in [0.2, 0.25) is 6.32 Å². The first-order valence-electron chi connectivity index (χ1n) is 2.11. The average Bonchev–Trinajstić information content (AvgIpc) is 1.65. The second-order valence-electron chi connectivity index (χ2n) is 1.47. The molecule has 0 fully saturated rings. The Morgan fingerprint density at radius 2 is 2.43 bits per heavy atom. The van der Waals surface area contributed by atoms with Gasteiger partial charge < -0.3 is 5.11 Å². The second kappa shape index (κ2) is 2.67. The molecular weight excluding hydrogens is 90.9 g/mol. The summed E-state index contributed by atoms with van der Waals surface area (Å²) in [5.74, 6) is -1.23. The number of rotatable bonds is 2. The maximum atomic E-state index is 9.85. The summed E-state index contributed by atoms with van der Waals surface area (Å²) in [5.41, 5.74) is 0. The summed E-state index contributed by atoms with van der Waals surface area (Å²) in [6, 6.07) is 0. The number of carboxylic acid groups (broad SMARTS) is 1. The summed E-state index contributed by atoms with van der Waals surface area (Å²) in [6.07, 6.45) is 0.218. The van der Waals surface area contributed by atoms with Crippen LogP contribution >= 0.6 is 0 Å². The summed E-state index contributed by atoms with van der Waals surface area (Å²) in [6.45, 7) is 1.57. The van der Waals surface area contributed by atoms with E-state index < -0.39 is 11.9 Å². The Hall–Kier alpha value is -0.465. The van der Waals surface area contributed by atoms with Crippen molar-refractivity contribution in [2.24, 2.45) is 5.92 Å². The molecule has 0 aliphatic carbocycles. The third-order valence-electron chi connectivity index (χ3n) is 0.775. The Morgan fingerprint density at radius 1 is 2.00 bits per heavy atom. The van der Waals surface area contributed by atoms with Gasteiger partial charge in [-0.1, -0.05) is 13.2 Å². The van der Waals surface area contributed by atoms with E-state index in [0.717, 1.165) is 0 Å². The molecule has 0 saturated heterocycles. The average molecular weight is 97.9 g/mol. The molecule has 2 radical (unpaired) electrons. The zero-order valence-corrected chi connectivity index (χ0v) is 4.22. The van der Waals surface area contributed by atoms with Crippen molar-refractivity contribution in [1.29, 1.82) is 0 Å². The Bertz CT molecular complexity index is 72.1. The number of hydrogen-bond donors (Lipinski definition) is 1. The molecule has 0 amide bonds. The molecule has 0 aromatic heterocycles. The summed E-state index contributed by atoms with van der Waals surface area (Å²) in [7, 11) is 4.99. The van der Waals surface area contributed by atoms with Crippen LogP contribution in [-0.4, -0.2) is 18.9 Å². The Balaban J connectivity index is 3.34. The maximum absolute atomic E-state index is 9.85. The van der Waals surface area contributed by atoms with Gasteiger partial charge in [0, 0.05) is 5.92 Å². The molecule has 3 heteroatoms. The third kappa shape index (κ3) is 2.26. The van der Waals surface area contributed by atoms with E-state index in [-0.39, 0.29) is 6.32 Å². The zero-order chi connectivity index (χ0) is 5.86. The summed E-state index contributed by atoms with van der Waals surface area (Å²) >= 11 is 0. The lowest BCUT2D eigenvalue weighted by atomic mass is 9.93. The van der Waals surface area contributed by atoms with Crippen molar-refractivity contribution in [3.05, 3.63) is 0 Å². The van der Waals surface area contributed by atoms with E-state index >= 15 is 0 Å². The molecule has 1 unspecified atom stereocenters. The molecule has 2 nitrogen and oxygen atoms in total. The fourth-order valence-electron chi connectivity index (χ4n) is 0.101. The molecule has 1 atom stereocenters. The van der Waals surface area contributed by atoms with Crippen LogP contribution in [0.1, 0.15) is 6.92 Å². The van der Waals surface area contributed by atoms with Gasteiger partial charge >= 0.3 is 5.97 Å². The molecule has 7 heavy (non-hydrogen) atoms. The summed E-state index contributed by atoms with van der Waals surface area (Å²) in [5, 5.41) is 8.10. The quantitative estimate of drug-likeness (QED) is 0.504. The van der Waals surface area contributed by atoms with E-state index in [1.165, 1.54) is 0 Å². The maximum Gasteiger partial charge on any atom is 0.305 e. The molecule has 0 aromatic rings. The SMILES string of the molecule is [B]CC(C)C(=O)O. The van der Waals surface area contributed by atoms with Gasteiger partial charge in [0.15, 0.2) is 0 Å². The molecule has 38 valence electrons. The molecular formula is C4H7BO2. The first-order valence-corrected chi connectivity index (χ1v) is 2.11. The minimum Gasteiger partial charge on any atom is -0.481 e. The number of aliphatic carboxylic acids is 1. The smallest absolute Gasteiger partial charge is 0.305 e. The number of hydrogen-bond acceptors (Lipinski definition) is 1. The summed E-state index contributed by atoms with van der Waals surface area (Å²) < 4.78 is 0. The van der Waals surface area contributed by atoms with Crippen molar-refractivity contribution in [2.75, 3.05) is 0 Å². The lowest BCUT2D eigenvalue weighted by molar-refractivity contribution is -0.140. The van der Waals surface area contributed by atoms with Crippen LogP contribution in [0.15, 0.2) is 0 Å². The number of carboxylic acids is 1. The van der Waals surface area contributed by atoms with Crippen molar-refractivity contribution in [1.82, 2.24) is 0 Å². The third-order valence-corrected chi connectivity index (χ3v) is 0.775. The zero-order valence-electron chi connectivity index (χ0n) is 4.22. The van der Waals surface area contributed by atoms with Crippen LogP contribution in [0.3, 0.4) is 0 Å². The largest absolute Gasteiger partial charge is 0.481 e. The number of carbonyl (C=O) groups is 1. The monoisotopic (exact) mass is 98.1 g/mol. The van der Waals surface area contributed by atoms with Gasteiger partial charge in [0.25, 0.3) is 0 Å². The van der Waals surface area contributed by atoms with E-state index in [2.05, 4.69) is 0 Å². The molecule has 0 rings (SSSR count). The molecule has 0 bridgehead atoms. The van der Waals surface area contributed by atoms with Gasteiger partial charge in [-0.25, -0.2) is 0 Å². The minimum absolute atomic E-state index is 0.218. The summed E-state index contributed by atoms with van der Waals surface area (Å²) in [4.78, 5) is 9.85. The van der Waals surface area contributed by atoms with E-state index in [0.29, 0.717) is 0 Å². The normalized spacial score (nSPS) is 13.3. The molecule has 0 aliphatic heterocycles. The van der Waals surface area contributed by atoms with Gasteiger partial charge in [0.05, 0.1) is 7.85 Å². The highest BCUT2D eigenvalue weighted by Crippen LogP contribution is 1.96. The molecule has 0 spiro atoms. The van der Waals surface area contributed by atoms with Gasteiger partial charge in [-0.3, -0.25) is 4.79 Å². The predicted molar refractivity (Wildman–Crippen MR) is 27.4 cm³/mol. The van der Waals surface area contributed by atoms with Crippen molar-refractivity contribution in [3.8, 4) is 0 Å². The van der Waals surface area contributed by atoms with Gasteiger partial charge in [0.1, 0.15) is 0 Å². The van der Waals surface area contributed by atoms with Crippen LogP contribution in [0, 0.1) is 5.92 Å². The van der Waals surface area contributed by atoms with Crippen molar-refractivity contribution < 1.29 is 9.90 Å². The van der Waals surface area contributed by atoms with Crippen LogP contribution in [-0.2, 0) is 4.79 Å². The second-order valence-corrected chi connectivity index (χ2v) is 1.47. The highest BCUT2D eigenvalue weighted by Gasteiger charge is 2.04. The Labute approximate surface area is 43.9 Å². The minimum atomic E-state index is -0.831. The van der Waals surface area contributed by atoms with Crippen LogP contribution in [0.25, 0.3) is 0 Å². The first-order chi connectivity index (χ1) is 3.18. The Morgan fingerprint density at radius 3 is 2.43 bits per heavy atom. The van der Waals surface area contributed by atoms with Crippen molar-refractivity contribution >= 4 is 13.8 Å². The van der Waals surface area contributed by atoms with E-state index in [9.17, 15) is 4.79 Å².